The van der Waals surface area contributed by atoms with Crippen LogP contribution in [0.1, 0.15) is 18.3 Å². The highest BCUT2D eigenvalue weighted by atomic mass is 16.5. The number of aromatic nitrogens is 2. The quantitative estimate of drug-likeness (QED) is 0.924. The minimum atomic E-state index is 0.521. The molecule has 106 valence electrons. The fourth-order valence-electron chi connectivity index (χ4n) is 2.49. The van der Waals surface area contributed by atoms with E-state index in [1.54, 1.807) is 0 Å². The highest BCUT2D eigenvalue weighted by molar-refractivity contribution is 5.53. The van der Waals surface area contributed by atoms with Crippen molar-refractivity contribution in [2.24, 2.45) is 0 Å². The van der Waals surface area contributed by atoms with Crippen LogP contribution in [0.4, 0.5) is 0 Å². The smallest absolute Gasteiger partial charge is 0.257 e. The van der Waals surface area contributed by atoms with Crippen LogP contribution in [0, 0.1) is 6.92 Å². The van der Waals surface area contributed by atoms with E-state index in [9.17, 15) is 0 Å². The van der Waals surface area contributed by atoms with E-state index >= 15 is 0 Å². The molecule has 1 aliphatic rings. The van der Waals surface area contributed by atoms with E-state index < -0.39 is 0 Å². The average Bonchev–Trinajstić information content (AvgIpc) is 2.88. The van der Waals surface area contributed by atoms with Gasteiger partial charge in [-0.15, -0.1) is 0 Å². The van der Waals surface area contributed by atoms with Crippen LogP contribution in [-0.4, -0.2) is 40.7 Å². The molecule has 0 spiro atoms. The van der Waals surface area contributed by atoms with E-state index in [1.807, 2.05) is 12.1 Å². The second kappa shape index (κ2) is 5.73. The topological polar surface area (TPSA) is 54.2 Å². The molecule has 3 rings (SSSR count). The van der Waals surface area contributed by atoms with Crippen molar-refractivity contribution in [3.8, 4) is 11.5 Å². The van der Waals surface area contributed by atoms with Gasteiger partial charge in [0.1, 0.15) is 0 Å². The molecule has 2 aromatic rings. The van der Waals surface area contributed by atoms with E-state index in [-0.39, 0.29) is 0 Å². The third-order valence-corrected chi connectivity index (χ3v) is 3.58. The van der Waals surface area contributed by atoms with Crippen LogP contribution in [0.15, 0.2) is 28.8 Å². The Balaban J connectivity index is 1.69. The summed E-state index contributed by atoms with van der Waals surface area (Å²) in [7, 11) is 0. The zero-order valence-corrected chi connectivity index (χ0v) is 12.0. The Kier molecular flexibility index (Phi) is 3.80. The van der Waals surface area contributed by atoms with Gasteiger partial charge in [0.2, 0.25) is 0 Å². The van der Waals surface area contributed by atoms with Crippen molar-refractivity contribution in [3.05, 3.63) is 35.7 Å². The van der Waals surface area contributed by atoms with Crippen molar-refractivity contribution < 1.29 is 4.52 Å². The molecule has 1 aliphatic heterocycles. The highest BCUT2D eigenvalue weighted by Gasteiger charge is 2.18. The number of aryl methyl sites for hydroxylation is 1. The van der Waals surface area contributed by atoms with Gasteiger partial charge >= 0.3 is 0 Å². The molecular weight excluding hydrogens is 252 g/mol. The summed E-state index contributed by atoms with van der Waals surface area (Å²) in [4.78, 5) is 6.84. The maximum atomic E-state index is 5.36. The average molecular weight is 272 g/mol. The summed E-state index contributed by atoms with van der Waals surface area (Å²) in [5.74, 6) is 1.36. The van der Waals surface area contributed by atoms with E-state index in [2.05, 4.69) is 46.3 Å². The van der Waals surface area contributed by atoms with Crippen molar-refractivity contribution in [2.75, 3.05) is 19.6 Å². The molecule has 1 aromatic carbocycles. The zero-order chi connectivity index (χ0) is 13.9. The summed E-state index contributed by atoms with van der Waals surface area (Å²) in [5, 5.41) is 7.51. The summed E-state index contributed by atoms with van der Waals surface area (Å²) in [5.41, 5.74) is 2.20. The van der Waals surface area contributed by atoms with E-state index in [0.717, 1.165) is 37.6 Å². The number of benzene rings is 1. The Bertz CT molecular complexity index is 564. The molecule has 0 bridgehead atoms. The first kappa shape index (κ1) is 13.3. The third kappa shape index (κ3) is 3.05. The van der Waals surface area contributed by atoms with Crippen molar-refractivity contribution in [1.82, 2.24) is 20.4 Å². The van der Waals surface area contributed by atoms with Crippen LogP contribution < -0.4 is 5.32 Å². The number of hydrogen-bond acceptors (Lipinski definition) is 5. The second-order valence-electron chi connectivity index (χ2n) is 5.47. The Labute approximate surface area is 119 Å². The van der Waals surface area contributed by atoms with E-state index in [4.69, 9.17) is 4.52 Å². The zero-order valence-electron chi connectivity index (χ0n) is 12.0. The van der Waals surface area contributed by atoms with Crippen LogP contribution in [-0.2, 0) is 6.54 Å². The molecule has 0 saturated carbocycles. The van der Waals surface area contributed by atoms with Gasteiger partial charge in [-0.25, -0.2) is 0 Å². The summed E-state index contributed by atoms with van der Waals surface area (Å²) in [6, 6.07) is 8.65. The first-order valence-corrected chi connectivity index (χ1v) is 7.06. The van der Waals surface area contributed by atoms with Gasteiger partial charge in [0, 0.05) is 31.2 Å². The molecule has 1 saturated heterocycles. The van der Waals surface area contributed by atoms with E-state index in [0.29, 0.717) is 11.9 Å². The number of nitrogens with zero attached hydrogens (tertiary/aromatic N) is 3. The fraction of sp³-hybridized carbons (Fsp3) is 0.467. The van der Waals surface area contributed by atoms with Gasteiger partial charge in [-0.3, -0.25) is 4.90 Å². The molecule has 0 unspecified atom stereocenters. The number of piperazine rings is 1. The number of hydrogen-bond donors (Lipinski definition) is 1. The molecule has 5 nitrogen and oxygen atoms in total. The lowest BCUT2D eigenvalue weighted by Gasteiger charge is -2.30. The summed E-state index contributed by atoms with van der Waals surface area (Å²) in [6.45, 7) is 8.08. The maximum Gasteiger partial charge on any atom is 0.257 e. The van der Waals surface area contributed by atoms with E-state index in [1.165, 1.54) is 5.56 Å². The first-order chi connectivity index (χ1) is 9.70. The first-order valence-electron chi connectivity index (χ1n) is 7.06. The largest absolute Gasteiger partial charge is 0.334 e. The third-order valence-electron chi connectivity index (χ3n) is 3.58. The van der Waals surface area contributed by atoms with Gasteiger partial charge in [0.05, 0.1) is 6.54 Å². The fourth-order valence-corrected chi connectivity index (χ4v) is 2.49. The summed E-state index contributed by atoms with van der Waals surface area (Å²) in [6.07, 6.45) is 0. The van der Waals surface area contributed by atoms with Crippen molar-refractivity contribution in [1.29, 1.82) is 0 Å². The Hall–Kier alpha value is -1.72. The lowest BCUT2D eigenvalue weighted by Crippen LogP contribution is -2.48. The predicted molar refractivity (Wildman–Crippen MR) is 77.2 cm³/mol. The minimum absolute atomic E-state index is 0.521. The van der Waals surface area contributed by atoms with Crippen LogP contribution in [0.2, 0.25) is 0 Å². The Morgan fingerprint density at radius 3 is 2.90 bits per heavy atom. The molecule has 1 N–H and O–H groups in total. The van der Waals surface area contributed by atoms with Gasteiger partial charge in [-0.1, -0.05) is 22.9 Å². The molecule has 0 aliphatic carbocycles. The molecule has 1 fully saturated rings. The monoisotopic (exact) mass is 272 g/mol. The Morgan fingerprint density at radius 2 is 2.15 bits per heavy atom. The second-order valence-corrected chi connectivity index (χ2v) is 5.47. The molecule has 20 heavy (non-hydrogen) atoms. The van der Waals surface area contributed by atoms with Gasteiger partial charge in [0.25, 0.3) is 5.89 Å². The molecule has 0 amide bonds. The summed E-state index contributed by atoms with van der Waals surface area (Å²) < 4.78 is 5.36. The lowest BCUT2D eigenvalue weighted by molar-refractivity contribution is 0.193. The molecule has 0 radical (unpaired) electrons. The predicted octanol–water partition coefficient (Wildman–Crippen LogP) is 1.84. The molecular formula is C15H20N4O. The van der Waals surface area contributed by atoms with Gasteiger partial charge in [0.15, 0.2) is 5.82 Å². The van der Waals surface area contributed by atoms with Crippen molar-refractivity contribution in [2.45, 2.75) is 26.4 Å². The van der Waals surface area contributed by atoms with Gasteiger partial charge in [-0.2, -0.15) is 4.98 Å². The minimum Gasteiger partial charge on any atom is -0.334 e. The standard InChI is InChI=1S/C15H20N4O/c1-11-3-5-13(6-4-11)15-17-14(18-20-15)10-19-8-7-16-12(2)9-19/h3-6,12,16H,7-10H2,1-2H3/t12-/m1/s1. The number of rotatable bonds is 3. The van der Waals surface area contributed by atoms with Crippen LogP contribution in [0.3, 0.4) is 0 Å². The molecule has 5 heteroatoms. The van der Waals surface area contributed by atoms with Crippen molar-refractivity contribution in [3.63, 3.8) is 0 Å². The van der Waals surface area contributed by atoms with Gasteiger partial charge < -0.3 is 9.84 Å². The SMILES string of the molecule is Cc1ccc(-c2nc(CN3CCN[C@H](C)C3)no2)cc1. The maximum absolute atomic E-state index is 5.36. The number of nitrogens with one attached hydrogen (secondary N) is 1. The van der Waals surface area contributed by atoms with Crippen molar-refractivity contribution >= 4 is 0 Å². The molecule has 1 atom stereocenters. The van der Waals surface area contributed by atoms with Gasteiger partial charge in [-0.05, 0) is 26.0 Å². The lowest BCUT2D eigenvalue weighted by atomic mass is 10.1. The summed E-state index contributed by atoms with van der Waals surface area (Å²) >= 11 is 0. The molecule has 2 heterocycles. The molecule has 1 aromatic heterocycles. The Morgan fingerprint density at radius 1 is 1.35 bits per heavy atom. The normalized spacial score (nSPS) is 20.2. The highest BCUT2D eigenvalue weighted by Crippen LogP contribution is 2.18. The van der Waals surface area contributed by atoms with Crippen LogP contribution in [0.5, 0.6) is 0 Å². The van der Waals surface area contributed by atoms with Crippen LogP contribution in [0.25, 0.3) is 11.5 Å². The van der Waals surface area contributed by atoms with Crippen LogP contribution >= 0.6 is 0 Å².